The number of benzene rings is 2. The molecule has 1 aliphatic rings. The standard InChI is InChI=1S/C24H22F6N4O2S/c1-15-8-10-34(11-9-15)22-7-6-21(31-32-22)16-2-4-19(5-3-16)33-37(35,36)20-13-17(23(25,26)27)12-18(14-20)24(28,29)30/h2-7,12-15,33H,8-11H2,1H3. The van der Waals surface area contributed by atoms with Crippen LogP contribution in [0.3, 0.4) is 0 Å². The van der Waals surface area contributed by atoms with Gasteiger partial charge in [-0.2, -0.15) is 26.3 Å². The number of rotatable bonds is 5. The van der Waals surface area contributed by atoms with E-state index in [4.69, 9.17) is 0 Å². The number of nitrogens with zero attached hydrogens (tertiary/aromatic N) is 3. The first-order valence-corrected chi connectivity index (χ1v) is 12.7. The van der Waals surface area contributed by atoms with Gasteiger partial charge in [0.2, 0.25) is 0 Å². The van der Waals surface area contributed by atoms with Gasteiger partial charge in [0.1, 0.15) is 0 Å². The van der Waals surface area contributed by atoms with Gasteiger partial charge in [0.25, 0.3) is 10.0 Å². The van der Waals surface area contributed by atoms with E-state index in [0.717, 1.165) is 31.7 Å². The smallest absolute Gasteiger partial charge is 0.355 e. The van der Waals surface area contributed by atoms with Crippen molar-refractivity contribution in [1.82, 2.24) is 10.2 Å². The van der Waals surface area contributed by atoms with Crippen molar-refractivity contribution in [3.05, 3.63) is 65.7 Å². The van der Waals surface area contributed by atoms with Gasteiger partial charge in [-0.25, -0.2) is 8.42 Å². The summed E-state index contributed by atoms with van der Waals surface area (Å²) in [6.07, 6.45) is -8.20. The number of sulfonamides is 1. The van der Waals surface area contributed by atoms with Crippen LogP contribution < -0.4 is 9.62 Å². The Morgan fingerprint density at radius 3 is 1.89 bits per heavy atom. The minimum Gasteiger partial charge on any atom is -0.355 e. The lowest BCUT2D eigenvalue weighted by molar-refractivity contribution is -0.143. The second-order valence-electron chi connectivity index (χ2n) is 8.87. The maximum atomic E-state index is 13.1. The lowest BCUT2D eigenvalue weighted by Crippen LogP contribution is -2.33. The summed E-state index contributed by atoms with van der Waals surface area (Å²) in [6.45, 7) is 3.98. The van der Waals surface area contributed by atoms with Crippen molar-refractivity contribution in [2.75, 3.05) is 22.7 Å². The zero-order valence-corrected chi connectivity index (χ0v) is 20.3. The topological polar surface area (TPSA) is 75.2 Å². The number of aromatic nitrogens is 2. The molecular weight excluding hydrogens is 522 g/mol. The monoisotopic (exact) mass is 544 g/mol. The first kappa shape index (κ1) is 26.7. The highest BCUT2D eigenvalue weighted by atomic mass is 32.2. The molecule has 3 aromatic rings. The fraction of sp³-hybridized carbons (Fsp3) is 0.333. The Balaban J connectivity index is 1.53. The lowest BCUT2D eigenvalue weighted by Gasteiger charge is -2.30. The summed E-state index contributed by atoms with van der Waals surface area (Å²) in [5.41, 5.74) is -2.40. The molecule has 2 aromatic carbocycles. The van der Waals surface area contributed by atoms with Crippen LogP contribution in [-0.4, -0.2) is 31.7 Å². The second-order valence-corrected chi connectivity index (χ2v) is 10.6. The van der Waals surface area contributed by atoms with Crippen LogP contribution in [0.4, 0.5) is 37.8 Å². The molecule has 1 fully saturated rings. The molecule has 198 valence electrons. The Kier molecular flexibility index (Phi) is 7.10. The van der Waals surface area contributed by atoms with Crippen LogP contribution in [0.1, 0.15) is 30.9 Å². The minimum absolute atomic E-state index is 0.0539. The first-order valence-electron chi connectivity index (χ1n) is 11.2. The highest BCUT2D eigenvalue weighted by Crippen LogP contribution is 2.37. The maximum absolute atomic E-state index is 13.1. The average molecular weight is 545 g/mol. The number of anilines is 2. The van der Waals surface area contributed by atoms with Crippen molar-refractivity contribution in [3.8, 4) is 11.3 Å². The molecule has 2 heterocycles. The van der Waals surface area contributed by atoms with Crippen molar-refractivity contribution < 1.29 is 34.8 Å². The molecule has 0 unspecified atom stereocenters. The molecule has 1 aliphatic heterocycles. The summed E-state index contributed by atoms with van der Waals surface area (Å²) in [4.78, 5) is 0.986. The van der Waals surface area contributed by atoms with Crippen LogP contribution in [0, 0.1) is 5.92 Å². The molecule has 6 nitrogen and oxygen atoms in total. The Morgan fingerprint density at radius 2 is 1.41 bits per heavy atom. The van der Waals surface area contributed by atoms with E-state index in [0.29, 0.717) is 17.2 Å². The molecule has 1 N–H and O–H groups in total. The van der Waals surface area contributed by atoms with Gasteiger partial charge >= 0.3 is 12.4 Å². The van der Waals surface area contributed by atoms with Crippen LogP contribution in [0.5, 0.6) is 0 Å². The van der Waals surface area contributed by atoms with Gasteiger partial charge in [0.15, 0.2) is 5.82 Å². The third-order valence-electron chi connectivity index (χ3n) is 6.06. The number of piperidine rings is 1. The van der Waals surface area contributed by atoms with E-state index in [9.17, 15) is 34.8 Å². The van der Waals surface area contributed by atoms with E-state index in [1.807, 2.05) is 10.8 Å². The fourth-order valence-electron chi connectivity index (χ4n) is 3.89. The third-order valence-corrected chi connectivity index (χ3v) is 7.42. The molecule has 0 saturated carbocycles. The van der Waals surface area contributed by atoms with E-state index in [2.05, 4.69) is 22.0 Å². The molecule has 0 bridgehead atoms. The van der Waals surface area contributed by atoms with Gasteiger partial charge in [0, 0.05) is 24.3 Å². The van der Waals surface area contributed by atoms with E-state index >= 15 is 0 Å². The predicted octanol–water partition coefficient (Wildman–Crippen LogP) is 6.22. The lowest BCUT2D eigenvalue weighted by atomic mass is 9.99. The van der Waals surface area contributed by atoms with Gasteiger partial charge in [0.05, 0.1) is 21.7 Å². The van der Waals surface area contributed by atoms with Crippen molar-refractivity contribution in [2.24, 2.45) is 5.92 Å². The summed E-state index contributed by atoms with van der Waals surface area (Å²) < 4.78 is 106. The molecule has 37 heavy (non-hydrogen) atoms. The van der Waals surface area contributed by atoms with E-state index < -0.39 is 38.4 Å². The summed E-state index contributed by atoms with van der Waals surface area (Å²) in [6, 6.07) is 9.46. The van der Waals surface area contributed by atoms with Gasteiger partial charge in [-0.15, -0.1) is 10.2 Å². The van der Waals surface area contributed by atoms with Crippen LogP contribution in [0.2, 0.25) is 0 Å². The second kappa shape index (κ2) is 9.84. The predicted molar refractivity (Wildman–Crippen MR) is 125 cm³/mol. The van der Waals surface area contributed by atoms with Crippen LogP contribution in [0.25, 0.3) is 11.3 Å². The molecule has 1 aromatic heterocycles. The summed E-state index contributed by atoms with van der Waals surface area (Å²) in [5, 5.41) is 8.48. The Bertz CT molecular complexity index is 1320. The maximum Gasteiger partial charge on any atom is 0.416 e. The normalized spacial score (nSPS) is 15.6. The average Bonchev–Trinajstić information content (AvgIpc) is 2.84. The molecule has 0 aliphatic carbocycles. The summed E-state index contributed by atoms with van der Waals surface area (Å²) in [7, 11) is -4.76. The van der Waals surface area contributed by atoms with Crippen molar-refractivity contribution >= 4 is 21.5 Å². The number of hydrogen-bond acceptors (Lipinski definition) is 5. The molecule has 0 atom stereocenters. The van der Waals surface area contributed by atoms with Crippen molar-refractivity contribution in [1.29, 1.82) is 0 Å². The highest BCUT2D eigenvalue weighted by molar-refractivity contribution is 7.92. The van der Waals surface area contributed by atoms with Crippen molar-refractivity contribution in [2.45, 2.75) is 37.0 Å². The number of halogens is 6. The summed E-state index contributed by atoms with van der Waals surface area (Å²) in [5.74, 6) is 1.42. The first-order chi connectivity index (χ1) is 17.2. The Labute approximate surface area is 209 Å². The van der Waals surface area contributed by atoms with Gasteiger partial charge < -0.3 is 4.90 Å². The largest absolute Gasteiger partial charge is 0.416 e. The Morgan fingerprint density at radius 1 is 0.838 bits per heavy atom. The molecular formula is C24H22F6N4O2S. The van der Waals surface area contributed by atoms with Crippen molar-refractivity contribution in [3.63, 3.8) is 0 Å². The SMILES string of the molecule is CC1CCN(c2ccc(-c3ccc(NS(=O)(=O)c4cc(C(F)(F)F)cc(C(F)(F)F)c4)cc3)nn2)CC1. The van der Waals surface area contributed by atoms with E-state index in [1.54, 1.807) is 6.07 Å². The molecule has 0 spiro atoms. The number of nitrogens with one attached hydrogen (secondary N) is 1. The third kappa shape index (κ3) is 6.32. The van der Waals surface area contributed by atoms with Crippen LogP contribution >= 0.6 is 0 Å². The molecule has 13 heteroatoms. The molecule has 1 saturated heterocycles. The zero-order valence-electron chi connectivity index (χ0n) is 19.4. The molecule has 4 rings (SSSR count). The summed E-state index contributed by atoms with van der Waals surface area (Å²) >= 11 is 0. The van der Waals surface area contributed by atoms with Gasteiger partial charge in [-0.1, -0.05) is 19.1 Å². The van der Waals surface area contributed by atoms with E-state index in [1.165, 1.54) is 24.3 Å². The number of alkyl halides is 6. The van der Waals surface area contributed by atoms with E-state index in [-0.39, 0.29) is 23.9 Å². The zero-order chi connectivity index (χ0) is 27.0. The molecule has 0 amide bonds. The highest BCUT2D eigenvalue weighted by Gasteiger charge is 2.38. The molecule has 0 radical (unpaired) electrons. The Hall–Kier alpha value is -3.35. The fourth-order valence-corrected chi connectivity index (χ4v) is 5.02. The quantitative estimate of drug-likeness (QED) is 0.386. The van der Waals surface area contributed by atoms with Crippen LogP contribution in [-0.2, 0) is 22.4 Å². The van der Waals surface area contributed by atoms with Crippen LogP contribution in [0.15, 0.2) is 59.5 Å². The van der Waals surface area contributed by atoms with Gasteiger partial charge in [-0.3, -0.25) is 4.72 Å². The number of hydrogen-bond donors (Lipinski definition) is 1. The van der Waals surface area contributed by atoms with Gasteiger partial charge in [-0.05, 0) is 61.2 Å². The minimum atomic E-state index is -5.17.